The third kappa shape index (κ3) is 3.92. The fourth-order valence-electron chi connectivity index (χ4n) is 1.99. The van der Waals surface area contributed by atoms with Gasteiger partial charge in [0.05, 0.1) is 22.6 Å². The zero-order valence-corrected chi connectivity index (χ0v) is 14.1. The van der Waals surface area contributed by atoms with Crippen LogP contribution in [0.1, 0.15) is 17.2 Å². The second kappa shape index (κ2) is 7.45. The number of carbonyl (C=O) groups is 1. The fraction of sp³-hybridized carbons (Fsp3) is 0.125. The van der Waals surface area contributed by atoms with Crippen molar-refractivity contribution in [2.75, 3.05) is 7.11 Å². The number of carbonyl (C=O) groups excluding carboxylic acids is 1. The highest BCUT2D eigenvalue weighted by atomic mass is 35.5. The lowest BCUT2D eigenvalue weighted by molar-refractivity contribution is -0.142. The summed E-state index contributed by atoms with van der Waals surface area (Å²) >= 11 is 5.87. The summed E-state index contributed by atoms with van der Waals surface area (Å²) in [5.74, 6) is -0.746. The molecule has 0 aliphatic rings. The van der Waals surface area contributed by atoms with Crippen LogP contribution in [0.25, 0.3) is 0 Å². The first kappa shape index (κ1) is 17.9. The molecule has 124 valence electrons. The highest BCUT2D eigenvalue weighted by Gasteiger charge is 2.28. The maximum atomic E-state index is 12.5. The SMILES string of the molecule is COC(=O)C(NS(=O)(=O)c1ccc(C#N)c(Cl)c1)c1ccccc1. The van der Waals surface area contributed by atoms with E-state index in [0.717, 1.165) is 6.07 Å². The molecular formula is C16H13ClN2O4S. The van der Waals surface area contributed by atoms with Crippen LogP contribution < -0.4 is 4.72 Å². The molecule has 2 rings (SSSR count). The van der Waals surface area contributed by atoms with Gasteiger partial charge in [0.1, 0.15) is 12.1 Å². The number of rotatable bonds is 5. The van der Waals surface area contributed by atoms with Crippen LogP contribution in [-0.4, -0.2) is 21.5 Å². The summed E-state index contributed by atoms with van der Waals surface area (Å²) in [6.07, 6.45) is 0. The van der Waals surface area contributed by atoms with E-state index in [2.05, 4.69) is 9.46 Å². The molecular weight excluding hydrogens is 352 g/mol. The van der Waals surface area contributed by atoms with Crippen LogP contribution in [0.3, 0.4) is 0 Å². The predicted molar refractivity (Wildman–Crippen MR) is 87.7 cm³/mol. The van der Waals surface area contributed by atoms with Gasteiger partial charge in [-0.2, -0.15) is 9.98 Å². The van der Waals surface area contributed by atoms with E-state index in [4.69, 9.17) is 16.9 Å². The Kier molecular flexibility index (Phi) is 5.57. The second-order valence-electron chi connectivity index (χ2n) is 4.74. The molecule has 0 spiro atoms. The number of halogens is 1. The van der Waals surface area contributed by atoms with Crippen molar-refractivity contribution >= 4 is 27.6 Å². The second-order valence-corrected chi connectivity index (χ2v) is 6.86. The number of benzene rings is 2. The standard InChI is InChI=1S/C16H13ClN2O4S/c1-23-16(20)15(11-5-3-2-4-6-11)19-24(21,22)13-8-7-12(10-18)14(17)9-13/h2-9,15,19H,1H3. The Balaban J connectivity index is 2.39. The maximum absolute atomic E-state index is 12.5. The van der Waals surface area contributed by atoms with Crippen molar-refractivity contribution < 1.29 is 17.9 Å². The van der Waals surface area contributed by atoms with Crippen molar-refractivity contribution in [3.8, 4) is 6.07 Å². The Labute approximate surface area is 144 Å². The summed E-state index contributed by atoms with van der Waals surface area (Å²) in [4.78, 5) is 11.8. The molecule has 0 aromatic heterocycles. The number of esters is 1. The molecule has 1 atom stereocenters. The van der Waals surface area contributed by atoms with E-state index < -0.39 is 22.0 Å². The van der Waals surface area contributed by atoms with Crippen molar-refractivity contribution in [1.82, 2.24) is 4.72 Å². The van der Waals surface area contributed by atoms with Crippen LogP contribution in [0.2, 0.25) is 5.02 Å². The van der Waals surface area contributed by atoms with E-state index in [-0.39, 0.29) is 15.5 Å². The smallest absolute Gasteiger partial charge is 0.328 e. The van der Waals surface area contributed by atoms with Gasteiger partial charge in [0, 0.05) is 0 Å². The quantitative estimate of drug-likeness (QED) is 0.822. The number of hydrogen-bond donors (Lipinski definition) is 1. The van der Waals surface area contributed by atoms with Gasteiger partial charge in [0.25, 0.3) is 0 Å². The lowest BCUT2D eigenvalue weighted by Crippen LogP contribution is -2.34. The number of methoxy groups -OCH3 is 1. The van der Waals surface area contributed by atoms with Gasteiger partial charge in [-0.25, -0.2) is 13.2 Å². The number of nitriles is 1. The molecule has 0 heterocycles. The molecule has 2 aromatic carbocycles. The highest BCUT2D eigenvalue weighted by molar-refractivity contribution is 7.89. The van der Waals surface area contributed by atoms with Gasteiger partial charge >= 0.3 is 5.97 Å². The largest absolute Gasteiger partial charge is 0.468 e. The molecule has 0 fully saturated rings. The van der Waals surface area contributed by atoms with Gasteiger partial charge in [-0.3, -0.25) is 0 Å². The van der Waals surface area contributed by atoms with Gasteiger partial charge in [-0.15, -0.1) is 0 Å². The molecule has 0 saturated carbocycles. The van der Waals surface area contributed by atoms with Gasteiger partial charge in [-0.1, -0.05) is 41.9 Å². The van der Waals surface area contributed by atoms with Crippen LogP contribution in [0, 0.1) is 11.3 Å². The highest BCUT2D eigenvalue weighted by Crippen LogP contribution is 2.23. The molecule has 0 aliphatic carbocycles. The molecule has 8 heteroatoms. The van der Waals surface area contributed by atoms with Gasteiger partial charge < -0.3 is 4.74 Å². The van der Waals surface area contributed by atoms with Crippen molar-refractivity contribution in [3.63, 3.8) is 0 Å². The summed E-state index contributed by atoms with van der Waals surface area (Å²) < 4.78 is 32.0. The van der Waals surface area contributed by atoms with Gasteiger partial charge in [0.2, 0.25) is 10.0 Å². The Bertz CT molecular complexity index is 892. The topological polar surface area (TPSA) is 96.3 Å². The van der Waals surface area contributed by atoms with Crippen molar-refractivity contribution in [2.45, 2.75) is 10.9 Å². The molecule has 2 aromatic rings. The minimum Gasteiger partial charge on any atom is -0.468 e. The fourth-order valence-corrected chi connectivity index (χ4v) is 3.48. The zero-order chi connectivity index (χ0) is 17.7. The average Bonchev–Trinajstić information content (AvgIpc) is 2.59. The normalized spacial score (nSPS) is 12.2. The lowest BCUT2D eigenvalue weighted by Gasteiger charge is -2.17. The van der Waals surface area contributed by atoms with E-state index in [1.54, 1.807) is 30.3 Å². The van der Waals surface area contributed by atoms with E-state index in [0.29, 0.717) is 5.56 Å². The van der Waals surface area contributed by atoms with Gasteiger partial charge in [-0.05, 0) is 23.8 Å². The first-order chi connectivity index (χ1) is 11.4. The zero-order valence-electron chi connectivity index (χ0n) is 12.6. The summed E-state index contributed by atoms with van der Waals surface area (Å²) in [5, 5.41) is 8.86. The molecule has 0 aliphatic heterocycles. The number of hydrogen-bond acceptors (Lipinski definition) is 5. The molecule has 1 unspecified atom stereocenters. The summed E-state index contributed by atoms with van der Waals surface area (Å²) in [5.41, 5.74) is 0.593. The van der Waals surface area contributed by atoms with E-state index in [1.807, 2.05) is 6.07 Å². The molecule has 0 radical (unpaired) electrons. The predicted octanol–water partition coefficient (Wildman–Crippen LogP) is 2.40. The average molecular weight is 365 g/mol. The van der Waals surface area contributed by atoms with E-state index >= 15 is 0 Å². The molecule has 0 amide bonds. The lowest BCUT2D eigenvalue weighted by atomic mass is 10.1. The third-order valence-electron chi connectivity index (χ3n) is 3.21. The van der Waals surface area contributed by atoms with E-state index in [9.17, 15) is 13.2 Å². The third-order valence-corrected chi connectivity index (χ3v) is 4.95. The van der Waals surface area contributed by atoms with Crippen LogP contribution in [0.4, 0.5) is 0 Å². The minimum absolute atomic E-state index is 0.00899. The summed E-state index contributed by atoms with van der Waals surface area (Å²) in [6, 6.07) is 12.7. The molecule has 24 heavy (non-hydrogen) atoms. The first-order valence-electron chi connectivity index (χ1n) is 6.74. The van der Waals surface area contributed by atoms with Crippen LogP contribution in [0.5, 0.6) is 0 Å². The Morgan fingerprint density at radius 2 is 1.92 bits per heavy atom. The number of sulfonamides is 1. The van der Waals surface area contributed by atoms with Gasteiger partial charge in [0.15, 0.2) is 0 Å². The van der Waals surface area contributed by atoms with Crippen molar-refractivity contribution in [1.29, 1.82) is 5.26 Å². The molecule has 6 nitrogen and oxygen atoms in total. The van der Waals surface area contributed by atoms with Crippen LogP contribution >= 0.6 is 11.6 Å². The summed E-state index contributed by atoms with van der Waals surface area (Å²) in [7, 11) is -2.88. The van der Waals surface area contributed by atoms with Crippen molar-refractivity contribution in [2.24, 2.45) is 0 Å². The summed E-state index contributed by atoms with van der Waals surface area (Å²) in [6.45, 7) is 0. The number of nitrogens with zero attached hydrogens (tertiary/aromatic N) is 1. The maximum Gasteiger partial charge on any atom is 0.328 e. The van der Waals surface area contributed by atoms with Crippen LogP contribution in [-0.2, 0) is 19.6 Å². The Morgan fingerprint density at radius 3 is 2.46 bits per heavy atom. The molecule has 0 saturated heterocycles. The first-order valence-corrected chi connectivity index (χ1v) is 8.60. The van der Waals surface area contributed by atoms with Crippen LogP contribution in [0.15, 0.2) is 53.4 Å². The molecule has 0 bridgehead atoms. The monoisotopic (exact) mass is 364 g/mol. The Morgan fingerprint density at radius 1 is 1.25 bits per heavy atom. The Hall–Kier alpha value is -2.40. The minimum atomic E-state index is -4.05. The number of nitrogens with one attached hydrogen (secondary N) is 1. The molecule has 1 N–H and O–H groups in total. The van der Waals surface area contributed by atoms with E-state index in [1.165, 1.54) is 19.2 Å². The van der Waals surface area contributed by atoms with Crippen molar-refractivity contribution in [3.05, 3.63) is 64.7 Å². The number of ether oxygens (including phenoxy) is 1.